The highest BCUT2D eigenvalue weighted by molar-refractivity contribution is 8.01. The second-order valence-electron chi connectivity index (χ2n) is 8.21. The molecule has 0 radical (unpaired) electrons. The maximum atomic E-state index is 12.6. The smallest absolute Gasteiger partial charge is 0.242 e. The Morgan fingerprint density at radius 2 is 2.04 bits per heavy atom. The van der Waals surface area contributed by atoms with Gasteiger partial charge < -0.3 is 21.1 Å². The van der Waals surface area contributed by atoms with Gasteiger partial charge in [0.2, 0.25) is 17.7 Å². The van der Waals surface area contributed by atoms with Gasteiger partial charge in [-0.25, -0.2) is 0 Å². The number of piperidine rings is 1. The maximum absolute atomic E-state index is 12.6. The van der Waals surface area contributed by atoms with Crippen LogP contribution in [0.2, 0.25) is 0 Å². The second-order valence-corrected chi connectivity index (χ2v) is 9.62. The molecule has 8 nitrogen and oxygen atoms in total. The molecule has 2 heterocycles. The number of likely N-dealkylation sites (tertiary alicyclic amines) is 1. The molecule has 1 unspecified atom stereocenters. The number of amides is 3. The molecule has 148 valence electrons. The van der Waals surface area contributed by atoms with Crippen LogP contribution < -0.4 is 16.4 Å². The fourth-order valence-corrected chi connectivity index (χ4v) is 4.86. The quantitative estimate of drug-likeness (QED) is 0.512. The Morgan fingerprint density at radius 3 is 2.58 bits per heavy atom. The molecule has 3 amide bonds. The van der Waals surface area contributed by atoms with Crippen LogP contribution in [-0.4, -0.2) is 69.6 Å². The molecule has 1 spiro atoms. The molecule has 4 atom stereocenters. The number of rotatable bonds is 4. The van der Waals surface area contributed by atoms with Crippen molar-refractivity contribution in [1.29, 1.82) is 0 Å². The fourth-order valence-electron chi connectivity index (χ4n) is 3.37. The lowest BCUT2D eigenvalue weighted by Gasteiger charge is -2.42. The Balaban J connectivity index is 2.01. The van der Waals surface area contributed by atoms with Gasteiger partial charge in [-0.2, -0.15) is 0 Å². The average molecular weight is 387 g/mol. The van der Waals surface area contributed by atoms with E-state index >= 15 is 0 Å². The topological polar surface area (TPSA) is 125 Å². The van der Waals surface area contributed by atoms with Crippen molar-refractivity contribution in [3.63, 3.8) is 0 Å². The molecule has 0 saturated carbocycles. The predicted molar refractivity (Wildman–Crippen MR) is 100 cm³/mol. The van der Waals surface area contributed by atoms with Crippen LogP contribution in [-0.2, 0) is 14.4 Å². The molecule has 0 bridgehead atoms. The number of carbonyl (C=O) groups excluding carboxylic acids is 3. The normalized spacial score (nSPS) is 28.7. The van der Waals surface area contributed by atoms with Gasteiger partial charge in [0.05, 0.1) is 17.0 Å². The van der Waals surface area contributed by atoms with Gasteiger partial charge in [0.25, 0.3) is 0 Å². The summed E-state index contributed by atoms with van der Waals surface area (Å²) in [6.07, 6.45) is 0.674. The number of aliphatic hydroxyl groups is 1. The van der Waals surface area contributed by atoms with E-state index in [4.69, 9.17) is 5.73 Å². The number of hydrogen-bond acceptors (Lipinski definition) is 6. The molecule has 2 rings (SSSR count). The van der Waals surface area contributed by atoms with E-state index in [-0.39, 0.29) is 16.7 Å². The van der Waals surface area contributed by atoms with Crippen LogP contribution in [0, 0.1) is 5.41 Å². The predicted octanol–water partition coefficient (Wildman–Crippen LogP) is -0.593. The largest absolute Gasteiger partial charge is 0.391 e. The molecule has 2 aliphatic heterocycles. The first-order chi connectivity index (χ1) is 11.9. The molecule has 9 heteroatoms. The molecule has 0 aliphatic carbocycles. The molecule has 0 aromatic rings. The molecule has 2 aliphatic rings. The number of thioether (sulfide) groups is 1. The van der Waals surface area contributed by atoms with Crippen molar-refractivity contribution in [2.24, 2.45) is 11.1 Å². The zero-order valence-electron chi connectivity index (χ0n) is 15.9. The highest BCUT2D eigenvalue weighted by atomic mass is 32.2. The highest BCUT2D eigenvalue weighted by Crippen LogP contribution is 2.39. The average Bonchev–Trinajstić information content (AvgIpc) is 2.93. The van der Waals surface area contributed by atoms with Crippen molar-refractivity contribution >= 4 is 29.5 Å². The lowest BCUT2D eigenvalue weighted by atomic mass is 9.92. The summed E-state index contributed by atoms with van der Waals surface area (Å²) in [5.41, 5.74) is 4.79. The number of primary amides is 1. The third kappa shape index (κ3) is 4.69. The van der Waals surface area contributed by atoms with E-state index < -0.39 is 29.5 Å². The van der Waals surface area contributed by atoms with Crippen LogP contribution in [0.25, 0.3) is 0 Å². The summed E-state index contributed by atoms with van der Waals surface area (Å²) < 4.78 is 0. The Labute approximate surface area is 158 Å². The van der Waals surface area contributed by atoms with Gasteiger partial charge in [-0.3, -0.25) is 19.7 Å². The van der Waals surface area contributed by atoms with E-state index in [0.717, 1.165) is 19.4 Å². The highest BCUT2D eigenvalue weighted by Gasteiger charge is 2.46. The van der Waals surface area contributed by atoms with Crippen LogP contribution in [0.1, 0.15) is 40.5 Å². The van der Waals surface area contributed by atoms with Gasteiger partial charge in [0, 0.05) is 24.3 Å². The van der Waals surface area contributed by atoms with Crippen molar-refractivity contribution in [2.45, 2.75) is 63.6 Å². The molecular formula is C17H30N4O4S. The first-order valence-electron chi connectivity index (χ1n) is 8.94. The van der Waals surface area contributed by atoms with Gasteiger partial charge in [-0.15, -0.1) is 11.8 Å². The molecule has 26 heavy (non-hydrogen) atoms. The Hall–Kier alpha value is -1.32. The van der Waals surface area contributed by atoms with Crippen molar-refractivity contribution < 1.29 is 19.5 Å². The van der Waals surface area contributed by atoms with Crippen molar-refractivity contribution in [1.82, 2.24) is 15.5 Å². The summed E-state index contributed by atoms with van der Waals surface area (Å²) in [5.74, 6) is -0.490. The van der Waals surface area contributed by atoms with Crippen LogP contribution in [0.15, 0.2) is 0 Å². The summed E-state index contributed by atoms with van der Waals surface area (Å²) in [6.45, 7) is 8.40. The molecule has 2 saturated heterocycles. The Kier molecular flexibility index (Phi) is 6.24. The van der Waals surface area contributed by atoms with Gasteiger partial charge in [-0.1, -0.05) is 20.8 Å². The van der Waals surface area contributed by atoms with Crippen molar-refractivity contribution in [3.05, 3.63) is 0 Å². The summed E-state index contributed by atoms with van der Waals surface area (Å²) in [4.78, 5) is 38.0. The van der Waals surface area contributed by atoms with E-state index in [2.05, 4.69) is 10.6 Å². The number of hydrogen-bond donors (Lipinski definition) is 4. The number of nitrogens with zero attached hydrogens (tertiary/aromatic N) is 1. The molecule has 2 fully saturated rings. The van der Waals surface area contributed by atoms with Crippen LogP contribution in [0.4, 0.5) is 0 Å². The number of carbonyl (C=O) groups is 3. The third-order valence-electron chi connectivity index (χ3n) is 4.75. The molecule has 0 aromatic heterocycles. The van der Waals surface area contributed by atoms with E-state index in [1.807, 2.05) is 25.7 Å². The van der Waals surface area contributed by atoms with Crippen molar-refractivity contribution in [2.75, 3.05) is 18.8 Å². The van der Waals surface area contributed by atoms with E-state index in [9.17, 15) is 19.5 Å². The van der Waals surface area contributed by atoms with Crippen LogP contribution >= 0.6 is 11.8 Å². The first-order valence-corrected chi connectivity index (χ1v) is 9.92. The van der Waals surface area contributed by atoms with Gasteiger partial charge >= 0.3 is 0 Å². The van der Waals surface area contributed by atoms with Crippen LogP contribution in [0.5, 0.6) is 0 Å². The molecule has 0 aromatic carbocycles. The summed E-state index contributed by atoms with van der Waals surface area (Å²) in [6, 6.07) is -1.61. The number of aliphatic hydroxyl groups excluding tert-OH is 1. The SMILES string of the molecule is C[C@@H](O)[C@H](NC(=O)[C@@H]1CSC2(CCCN(C(=O)C(C)(C)C)C2)N1)C(N)=O. The lowest BCUT2D eigenvalue weighted by molar-refractivity contribution is -0.141. The zero-order valence-corrected chi connectivity index (χ0v) is 16.7. The Bertz CT molecular complexity index is 578. The Morgan fingerprint density at radius 1 is 1.38 bits per heavy atom. The number of nitrogens with two attached hydrogens (primary N) is 1. The second kappa shape index (κ2) is 7.74. The standard InChI is InChI=1S/C17H30N4O4S/c1-10(22)12(13(18)23)19-14(24)11-8-26-17(20-11)6-5-7-21(9-17)15(25)16(2,3)4/h10-12,20,22H,5-9H2,1-4H3,(H2,18,23)(H,19,24)/t10-,11+,12+,17?/m1/s1. The minimum Gasteiger partial charge on any atom is -0.391 e. The van der Waals surface area contributed by atoms with E-state index in [1.165, 1.54) is 6.92 Å². The van der Waals surface area contributed by atoms with Gasteiger partial charge in [-0.05, 0) is 19.8 Å². The molecule has 5 N–H and O–H groups in total. The van der Waals surface area contributed by atoms with Gasteiger partial charge in [0.1, 0.15) is 6.04 Å². The first kappa shape index (κ1) is 21.0. The lowest BCUT2D eigenvalue weighted by Crippen LogP contribution is -2.60. The van der Waals surface area contributed by atoms with Gasteiger partial charge in [0.15, 0.2) is 0 Å². The molecular weight excluding hydrogens is 356 g/mol. The third-order valence-corrected chi connectivity index (χ3v) is 6.25. The van der Waals surface area contributed by atoms with E-state index in [0.29, 0.717) is 12.3 Å². The summed E-state index contributed by atoms with van der Waals surface area (Å²) in [7, 11) is 0. The zero-order chi connectivity index (χ0) is 19.7. The minimum atomic E-state index is -1.11. The number of nitrogens with one attached hydrogen (secondary N) is 2. The monoisotopic (exact) mass is 386 g/mol. The summed E-state index contributed by atoms with van der Waals surface area (Å²) in [5, 5.41) is 15.5. The van der Waals surface area contributed by atoms with Crippen molar-refractivity contribution in [3.8, 4) is 0 Å². The van der Waals surface area contributed by atoms with E-state index in [1.54, 1.807) is 11.8 Å². The fraction of sp³-hybridized carbons (Fsp3) is 0.824. The maximum Gasteiger partial charge on any atom is 0.242 e. The summed E-state index contributed by atoms with van der Waals surface area (Å²) >= 11 is 1.63. The minimum absolute atomic E-state index is 0.106. The van der Waals surface area contributed by atoms with Crippen LogP contribution in [0.3, 0.4) is 0 Å².